The van der Waals surface area contributed by atoms with E-state index >= 15 is 0 Å². The molecule has 0 radical (unpaired) electrons. The van der Waals surface area contributed by atoms with Crippen LogP contribution in [-0.2, 0) is 0 Å². The van der Waals surface area contributed by atoms with Gasteiger partial charge in [0.2, 0.25) is 0 Å². The highest BCUT2D eigenvalue weighted by Gasteiger charge is 2.42. The Morgan fingerprint density at radius 1 is 1.15 bits per heavy atom. The molecule has 0 amide bonds. The predicted octanol–water partition coefficient (Wildman–Crippen LogP) is 3.67. The lowest BCUT2D eigenvalue weighted by molar-refractivity contribution is 0.0900. The molecule has 1 aromatic rings. The SMILES string of the molecule is COc1ccc2c(c1)C=C(CN1CCC3(CCCN(CC4CC4)C3)C1)CO2. The van der Waals surface area contributed by atoms with E-state index in [0.29, 0.717) is 5.41 Å². The van der Waals surface area contributed by atoms with Crippen LogP contribution in [0.15, 0.2) is 23.8 Å². The predicted molar refractivity (Wildman–Crippen MR) is 108 cm³/mol. The minimum absolute atomic E-state index is 0.546. The Hall–Kier alpha value is -1.52. The Kier molecular flexibility index (Phi) is 4.65. The van der Waals surface area contributed by atoms with E-state index in [9.17, 15) is 0 Å². The van der Waals surface area contributed by atoms with Gasteiger partial charge in [0.05, 0.1) is 7.11 Å². The summed E-state index contributed by atoms with van der Waals surface area (Å²) in [5.41, 5.74) is 3.08. The van der Waals surface area contributed by atoms with Crippen LogP contribution in [0.2, 0.25) is 0 Å². The Labute approximate surface area is 163 Å². The smallest absolute Gasteiger partial charge is 0.127 e. The summed E-state index contributed by atoms with van der Waals surface area (Å²) in [5, 5.41) is 0. The van der Waals surface area contributed by atoms with E-state index in [1.165, 1.54) is 70.4 Å². The number of benzene rings is 1. The Balaban J connectivity index is 1.22. The summed E-state index contributed by atoms with van der Waals surface area (Å²) in [6.07, 6.45) is 9.42. The van der Waals surface area contributed by atoms with Gasteiger partial charge in [-0.3, -0.25) is 4.90 Å². The Morgan fingerprint density at radius 2 is 2.04 bits per heavy atom. The zero-order valence-corrected chi connectivity index (χ0v) is 16.6. The van der Waals surface area contributed by atoms with Crippen LogP contribution in [0.3, 0.4) is 0 Å². The molecular formula is C23H32N2O2. The first-order valence-electron chi connectivity index (χ1n) is 10.7. The van der Waals surface area contributed by atoms with Crippen molar-refractivity contribution in [3.63, 3.8) is 0 Å². The zero-order valence-electron chi connectivity index (χ0n) is 16.6. The van der Waals surface area contributed by atoms with Gasteiger partial charge in [-0.15, -0.1) is 0 Å². The third-order valence-corrected chi connectivity index (χ3v) is 6.89. The van der Waals surface area contributed by atoms with Crippen molar-refractivity contribution in [1.29, 1.82) is 0 Å². The van der Waals surface area contributed by atoms with Gasteiger partial charge < -0.3 is 14.4 Å². The molecule has 1 saturated carbocycles. The normalized spacial score (nSPS) is 28.7. The molecule has 0 N–H and O–H groups in total. The van der Waals surface area contributed by atoms with Crippen molar-refractivity contribution < 1.29 is 9.47 Å². The van der Waals surface area contributed by atoms with Gasteiger partial charge in [-0.2, -0.15) is 0 Å². The second-order valence-electron chi connectivity index (χ2n) is 9.24. The largest absolute Gasteiger partial charge is 0.497 e. The van der Waals surface area contributed by atoms with E-state index in [4.69, 9.17) is 9.47 Å². The van der Waals surface area contributed by atoms with Gasteiger partial charge >= 0.3 is 0 Å². The molecule has 0 aromatic heterocycles. The fourth-order valence-corrected chi connectivity index (χ4v) is 5.34. The quantitative estimate of drug-likeness (QED) is 0.792. The van der Waals surface area contributed by atoms with Crippen molar-refractivity contribution in [2.24, 2.45) is 11.3 Å². The van der Waals surface area contributed by atoms with Crippen LogP contribution in [0, 0.1) is 11.3 Å². The molecule has 4 nitrogen and oxygen atoms in total. The fraction of sp³-hybridized carbons (Fsp3) is 0.652. The highest BCUT2D eigenvalue weighted by Crippen LogP contribution is 2.41. The summed E-state index contributed by atoms with van der Waals surface area (Å²) in [6, 6.07) is 6.07. The van der Waals surface area contributed by atoms with Crippen LogP contribution in [0.1, 0.15) is 37.7 Å². The number of piperidine rings is 1. The van der Waals surface area contributed by atoms with Crippen LogP contribution < -0.4 is 9.47 Å². The second kappa shape index (κ2) is 7.14. The Morgan fingerprint density at radius 3 is 2.89 bits per heavy atom. The molecule has 146 valence electrons. The number of likely N-dealkylation sites (tertiary alicyclic amines) is 2. The lowest BCUT2D eigenvalue weighted by Gasteiger charge is -2.40. The van der Waals surface area contributed by atoms with Crippen molar-refractivity contribution >= 4 is 6.08 Å². The molecule has 3 heterocycles. The molecule has 3 fully saturated rings. The van der Waals surface area contributed by atoms with Gasteiger partial charge in [0.25, 0.3) is 0 Å². The first-order chi connectivity index (χ1) is 13.2. The zero-order chi connectivity index (χ0) is 18.3. The second-order valence-corrected chi connectivity index (χ2v) is 9.24. The standard InChI is InChI=1S/C23H32N2O2/c1-26-21-5-6-22-20(12-21)11-19(15-27-22)14-25-10-8-23(17-25)7-2-9-24(16-23)13-18-3-4-18/h5-6,11-12,18H,2-4,7-10,13-17H2,1H3. The van der Waals surface area contributed by atoms with E-state index < -0.39 is 0 Å². The summed E-state index contributed by atoms with van der Waals surface area (Å²) >= 11 is 0. The molecule has 5 rings (SSSR count). The van der Waals surface area contributed by atoms with E-state index in [1.54, 1.807) is 7.11 Å². The van der Waals surface area contributed by atoms with Gasteiger partial charge in [-0.25, -0.2) is 0 Å². The highest BCUT2D eigenvalue weighted by atomic mass is 16.5. The lowest BCUT2D eigenvalue weighted by Crippen LogP contribution is -2.45. The summed E-state index contributed by atoms with van der Waals surface area (Å²) in [6.45, 7) is 8.28. The number of hydrogen-bond acceptors (Lipinski definition) is 4. The van der Waals surface area contributed by atoms with Gasteiger partial charge in [0.1, 0.15) is 18.1 Å². The molecule has 2 saturated heterocycles. The Bertz CT molecular complexity index is 727. The first-order valence-corrected chi connectivity index (χ1v) is 10.7. The van der Waals surface area contributed by atoms with Crippen molar-refractivity contribution in [3.05, 3.63) is 29.3 Å². The van der Waals surface area contributed by atoms with Crippen LogP contribution in [0.4, 0.5) is 0 Å². The van der Waals surface area contributed by atoms with E-state index in [0.717, 1.165) is 36.1 Å². The minimum atomic E-state index is 0.546. The van der Waals surface area contributed by atoms with Crippen molar-refractivity contribution in [2.75, 3.05) is 53.0 Å². The molecule has 4 heteroatoms. The molecular weight excluding hydrogens is 336 g/mol. The number of rotatable bonds is 5. The number of fused-ring (bicyclic) bond motifs is 1. The number of ether oxygens (including phenoxy) is 2. The van der Waals surface area contributed by atoms with Gasteiger partial charge in [-0.1, -0.05) is 0 Å². The number of nitrogens with zero attached hydrogens (tertiary/aromatic N) is 2. The van der Waals surface area contributed by atoms with Gasteiger partial charge in [0.15, 0.2) is 0 Å². The van der Waals surface area contributed by atoms with Gasteiger partial charge in [0, 0.05) is 31.7 Å². The van der Waals surface area contributed by atoms with Crippen LogP contribution in [0.25, 0.3) is 6.08 Å². The average molecular weight is 369 g/mol. The van der Waals surface area contributed by atoms with E-state index in [-0.39, 0.29) is 0 Å². The summed E-state index contributed by atoms with van der Waals surface area (Å²) in [4.78, 5) is 5.44. The maximum absolute atomic E-state index is 5.99. The maximum atomic E-state index is 5.99. The topological polar surface area (TPSA) is 24.9 Å². The molecule has 1 aromatic carbocycles. The number of hydrogen-bond donors (Lipinski definition) is 0. The monoisotopic (exact) mass is 368 g/mol. The molecule has 1 atom stereocenters. The maximum Gasteiger partial charge on any atom is 0.127 e. The van der Waals surface area contributed by atoms with Crippen LogP contribution in [0.5, 0.6) is 11.5 Å². The average Bonchev–Trinajstić information content (AvgIpc) is 3.42. The summed E-state index contributed by atoms with van der Waals surface area (Å²) in [7, 11) is 1.72. The van der Waals surface area contributed by atoms with Crippen molar-refractivity contribution in [3.8, 4) is 11.5 Å². The van der Waals surface area contributed by atoms with E-state index in [1.807, 2.05) is 12.1 Å². The van der Waals surface area contributed by atoms with Crippen LogP contribution >= 0.6 is 0 Å². The molecule has 1 unspecified atom stereocenters. The molecule has 27 heavy (non-hydrogen) atoms. The van der Waals surface area contributed by atoms with Gasteiger partial charge in [-0.05, 0) is 86.4 Å². The summed E-state index contributed by atoms with van der Waals surface area (Å²) < 4.78 is 11.4. The highest BCUT2D eigenvalue weighted by molar-refractivity contribution is 5.64. The van der Waals surface area contributed by atoms with Crippen molar-refractivity contribution in [1.82, 2.24) is 9.80 Å². The molecule has 3 aliphatic heterocycles. The summed E-state index contributed by atoms with van der Waals surface area (Å²) in [5.74, 6) is 2.88. The molecule has 0 bridgehead atoms. The first kappa shape index (κ1) is 17.6. The van der Waals surface area contributed by atoms with Crippen LogP contribution in [-0.4, -0.2) is 62.8 Å². The van der Waals surface area contributed by atoms with E-state index in [2.05, 4.69) is 21.9 Å². The molecule has 1 spiro atoms. The fourth-order valence-electron chi connectivity index (χ4n) is 5.34. The van der Waals surface area contributed by atoms with Crippen molar-refractivity contribution in [2.45, 2.75) is 32.1 Å². The molecule has 1 aliphatic carbocycles. The lowest BCUT2D eigenvalue weighted by atomic mass is 9.79. The third-order valence-electron chi connectivity index (χ3n) is 6.89. The number of methoxy groups -OCH3 is 1. The third kappa shape index (κ3) is 3.88. The molecule has 4 aliphatic rings. The minimum Gasteiger partial charge on any atom is -0.497 e.